The minimum absolute atomic E-state index is 0.240. The highest BCUT2D eigenvalue weighted by Crippen LogP contribution is 2.21. The van der Waals surface area contributed by atoms with Crippen LogP contribution >= 0.6 is 0 Å². The lowest BCUT2D eigenvalue weighted by Crippen LogP contribution is -2.25. The van der Waals surface area contributed by atoms with E-state index in [1.807, 2.05) is 17.2 Å². The Balaban J connectivity index is 2.49. The predicted molar refractivity (Wildman–Crippen MR) is 81.9 cm³/mol. The zero-order valence-electron chi connectivity index (χ0n) is 12.4. The lowest BCUT2D eigenvalue weighted by Gasteiger charge is -2.24. The van der Waals surface area contributed by atoms with E-state index in [1.165, 1.54) is 12.8 Å². The minimum atomic E-state index is 0.240. The molecule has 0 saturated heterocycles. The number of phenols is 1. The SMILES string of the molecule is CCCCCON(CCCCCO)c1cccc(O)c1. The maximum absolute atomic E-state index is 9.57. The molecule has 4 heteroatoms. The molecule has 1 rings (SSSR count). The second kappa shape index (κ2) is 10.5. The van der Waals surface area contributed by atoms with E-state index in [0.29, 0.717) is 6.61 Å². The molecule has 0 fully saturated rings. The van der Waals surface area contributed by atoms with Crippen LogP contribution in [0.15, 0.2) is 24.3 Å². The van der Waals surface area contributed by atoms with Gasteiger partial charge in [0.25, 0.3) is 0 Å². The third kappa shape index (κ3) is 6.78. The van der Waals surface area contributed by atoms with Gasteiger partial charge in [-0.15, -0.1) is 0 Å². The average molecular weight is 281 g/mol. The van der Waals surface area contributed by atoms with E-state index < -0.39 is 0 Å². The standard InChI is InChI=1S/C16H27NO3/c1-2-3-7-13-20-17(11-5-4-6-12-18)15-9-8-10-16(19)14-15/h8-10,14,18-19H,2-7,11-13H2,1H3. The summed E-state index contributed by atoms with van der Waals surface area (Å²) in [5.41, 5.74) is 0.880. The molecular formula is C16H27NO3. The van der Waals surface area contributed by atoms with Gasteiger partial charge < -0.3 is 10.2 Å². The largest absolute Gasteiger partial charge is 0.508 e. The molecular weight excluding hydrogens is 254 g/mol. The third-order valence-corrected chi connectivity index (χ3v) is 3.13. The fourth-order valence-electron chi connectivity index (χ4n) is 1.99. The Morgan fingerprint density at radius 2 is 1.95 bits per heavy atom. The second-order valence-corrected chi connectivity index (χ2v) is 4.95. The van der Waals surface area contributed by atoms with E-state index in [9.17, 15) is 5.11 Å². The van der Waals surface area contributed by atoms with Crippen LogP contribution in [0.25, 0.3) is 0 Å². The number of hydrogen-bond acceptors (Lipinski definition) is 4. The van der Waals surface area contributed by atoms with Crippen molar-refractivity contribution < 1.29 is 15.1 Å². The Hall–Kier alpha value is -1.26. The molecule has 0 atom stereocenters. The highest BCUT2D eigenvalue weighted by atomic mass is 16.7. The molecule has 0 saturated carbocycles. The van der Waals surface area contributed by atoms with Gasteiger partial charge in [0, 0.05) is 19.2 Å². The summed E-state index contributed by atoms with van der Waals surface area (Å²) in [6.45, 7) is 3.88. The van der Waals surface area contributed by atoms with Crippen molar-refractivity contribution in [3.63, 3.8) is 0 Å². The number of hydroxylamine groups is 1. The summed E-state index contributed by atoms with van der Waals surface area (Å²) in [4.78, 5) is 5.83. The highest BCUT2D eigenvalue weighted by Gasteiger charge is 2.07. The van der Waals surface area contributed by atoms with Crippen molar-refractivity contribution in [2.24, 2.45) is 0 Å². The summed E-state index contributed by atoms with van der Waals surface area (Å²) in [7, 11) is 0. The van der Waals surface area contributed by atoms with Gasteiger partial charge in [-0.1, -0.05) is 25.8 Å². The van der Waals surface area contributed by atoms with Crippen LogP contribution in [0.4, 0.5) is 5.69 Å². The molecule has 2 N–H and O–H groups in total. The van der Waals surface area contributed by atoms with Crippen LogP contribution in [0, 0.1) is 0 Å². The summed E-state index contributed by atoms with van der Waals surface area (Å²) < 4.78 is 0. The lowest BCUT2D eigenvalue weighted by atomic mass is 10.2. The molecule has 0 aliphatic carbocycles. The smallest absolute Gasteiger partial charge is 0.117 e. The van der Waals surface area contributed by atoms with E-state index in [-0.39, 0.29) is 12.4 Å². The van der Waals surface area contributed by atoms with Crippen molar-refractivity contribution in [2.75, 3.05) is 24.8 Å². The predicted octanol–water partition coefficient (Wildman–Crippen LogP) is 3.48. The molecule has 4 nitrogen and oxygen atoms in total. The molecule has 0 aliphatic heterocycles. The average Bonchev–Trinajstić information content (AvgIpc) is 2.45. The third-order valence-electron chi connectivity index (χ3n) is 3.13. The van der Waals surface area contributed by atoms with E-state index in [2.05, 4.69) is 6.92 Å². The number of phenolic OH excluding ortho intramolecular Hbond substituents is 1. The first kappa shape index (κ1) is 16.8. The van der Waals surface area contributed by atoms with Gasteiger partial charge in [-0.25, -0.2) is 0 Å². The summed E-state index contributed by atoms with van der Waals surface area (Å²) in [5, 5.41) is 20.2. The van der Waals surface area contributed by atoms with Crippen molar-refractivity contribution in [3.05, 3.63) is 24.3 Å². The van der Waals surface area contributed by atoms with E-state index in [1.54, 1.807) is 12.1 Å². The number of anilines is 1. The van der Waals surface area contributed by atoms with E-state index >= 15 is 0 Å². The fraction of sp³-hybridized carbons (Fsp3) is 0.625. The van der Waals surface area contributed by atoms with Crippen molar-refractivity contribution >= 4 is 5.69 Å². The Morgan fingerprint density at radius 3 is 2.65 bits per heavy atom. The molecule has 20 heavy (non-hydrogen) atoms. The highest BCUT2D eigenvalue weighted by molar-refractivity contribution is 5.48. The summed E-state index contributed by atoms with van der Waals surface area (Å²) in [5.74, 6) is 0.250. The first-order valence-corrected chi connectivity index (χ1v) is 7.58. The van der Waals surface area contributed by atoms with Crippen LogP contribution in [0.3, 0.4) is 0 Å². The molecule has 0 bridgehead atoms. The first-order chi connectivity index (χ1) is 9.77. The van der Waals surface area contributed by atoms with Gasteiger partial charge in [0.15, 0.2) is 0 Å². The normalized spacial score (nSPS) is 10.7. The first-order valence-electron chi connectivity index (χ1n) is 7.58. The van der Waals surface area contributed by atoms with Gasteiger partial charge in [-0.05, 0) is 37.8 Å². The van der Waals surface area contributed by atoms with Gasteiger partial charge in [0.1, 0.15) is 5.75 Å². The van der Waals surface area contributed by atoms with Crippen LogP contribution in [0.2, 0.25) is 0 Å². The van der Waals surface area contributed by atoms with Crippen molar-refractivity contribution in [2.45, 2.75) is 45.4 Å². The van der Waals surface area contributed by atoms with Crippen molar-refractivity contribution in [1.82, 2.24) is 0 Å². The van der Waals surface area contributed by atoms with Gasteiger partial charge >= 0.3 is 0 Å². The number of hydrogen-bond donors (Lipinski definition) is 2. The monoisotopic (exact) mass is 281 g/mol. The number of unbranched alkanes of at least 4 members (excludes halogenated alkanes) is 4. The van der Waals surface area contributed by atoms with Crippen LogP contribution in [0.1, 0.15) is 45.4 Å². The van der Waals surface area contributed by atoms with Gasteiger partial charge in [0.05, 0.1) is 12.3 Å². The summed E-state index contributed by atoms with van der Waals surface area (Å²) in [6, 6.07) is 7.13. The number of aliphatic hydroxyl groups excluding tert-OH is 1. The molecule has 0 radical (unpaired) electrons. The number of rotatable bonds is 11. The quantitative estimate of drug-likeness (QED) is 0.481. The molecule has 1 aromatic carbocycles. The van der Waals surface area contributed by atoms with Gasteiger partial charge in [-0.3, -0.25) is 9.90 Å². The van der Waals surface area contributed by atoms with Crippen LogP contribution in [-0.4, -0.2) is 30.0 Å². The Labute approximate surface area is 121 Å². The molecule has 0 amide bonds. The Kier molecular flexibility index (Phi) is 8.83. The Bertz CT molecular complexity index is 345. The molecule has 0 unspecified atom stereocenters. The van der Waals surface area contributed by atoms with E-state index in [4.69, 9.17) is 9.94 Å². The van der Waals surface area contributed by atoms with Crippen LogP contribution in [0.5, 0.6) is 5.75 Å². The van der Waals surface area contributed by atoms with E-state index in [0.717, 1.165) is 37.9 Å². The topological polar surface area (TPSA) is 52.9 Å². The molecule has 1 aromatic rings. The number of benzene rings is 1. The molecule has 0 aromatic heterocycles. The number of nitrogens with zero attached hydrogens (tertiary/aromatic N) is 1. The second-order valence-electron chi connectivity index (χ2n) is 4.95. The lowest BCUT2D eigenvalue weighted by molar-refractivity contribution is 0.103. The molecule has 114 valence electrons. The van der Waals surface area contributed by atoms with Crippen molar-refractivity contribution in [3.8, 4) is 5.75 Å². The van der Waals surface area contributed by atoms with Crippen molar-refractivity contribution in [1.29, 1.82) is 0 Å². The van der Waals surface area contributed by atoms with Crippen LogP contribution in [-0.2, 0) is 4.84 Å². The molecule has 0 aliphatic rings. The number of aromatic hydroxyl groups is 1. The zero-order valence-corrected chi connectivity index (χ0v) is 12.4. The molecule has 0 heterocycles. The van der Waals surface area contributed by atoms with Gasteiger partial charge in [0.2, 0.25) is 0 Å². The number of aliphatic hydroxyl groups is 1. The minimum Gasteiger partial charge on any atom is -0.508 e. The zero-order chi connectivity index (χ0) is 14.6. The fourth-order valence-corrected chi connectivity index (χ4v) is 1.99. The summed E-state index contributed by atoms with van der Waals surface area (Å²) >= 11 is 0. The maximum Gasteiger partial charge on any atom is 0.117 e. The summed E-state index contributed by atoms with van der Waals surface area (Å²) in [6.07, 6.45) is 6.14. The van der Waals surface area contributed by atoms with Gasteiger partial charge in [-0.2, -0.15) is 0 Å². The Morgan fingerprint density at radius 1 is 1.10 bits per heavy atom. The van der Waals surface area contributed by atoms with Crippen LogP contribution < -0.4 is 5.06 Å². The molecule has 0 spiro atoms. The maximum atomic E-state index is 9.57.